The molecule has 104 valence electrons. The summed E-state index contributed by atoms with van der Waals surface area (Å²) in [4.78, 5) is 16.1. The van der Waals surface area contributed by atoms with Gasteiger partial charge in [0.2, 0.25) is 0 Å². The molecule has 1 aromatic rings. The van der Waals surface area contributed by atoms with E-state index in [0.29, 0.717) is 18.9 Å². The molecule has 0 saturated carbocycles. The Morgan fingerprint density at radius 1 is 1.63 bits per heavy atom. The van der Waals surface area contributed by atoms with Crippen LogP contribution >= 0.6 is 31.9 Å². The summed E-state index contributed by atoms with van der Waals surface area (Å²) in [7, 11) is 1.66. The second-order valence-corrected chi connectivity index (χ2v) is 5.33. The van der Waals surface area contributed by atoms with Crippen LogP contribution in [0.1, 0.15) is 12.5 Å². The van der Waals surface area contributed by atoms with Gasteiger partial charge in [0.15, 0.2) is 5.82 Å². The molecular formula is C11H14Br2N4O2. The summed E-state index contributed by atoms with van der Waals surface area (Å²) in [6.07, 6.45) is 2.69. The van der Waals surface area contributed by atoms with Gasteiger partial charge in [0.25, 0.3) is 6.20 Å². The number of nitro groups is 1. The minimum absolute atomic E-state index is 0.460. The molecule has 0 bridgehead atoms. The Labute approximate surface area is 128 Å². The van der Waals surface area contributed by atoms with Crippen molar-refractivity contribution in [2.75, 3.05) is 13.6 Å². The minimum atomic E-state index is -0.469. The maximum absolute atomic E-state index is 10.6. The molecule has 0 aliphatic carbocycles. The monoisotopic (exact) mass is 392 g/mol. The van der Waals surface area contributed by atoms with Gasteiger partial charge in [-0.3, -0.25) is 10.1 Å². The van der Waals surface area contributed by atoms with Gasteiger partial charge in [-0.1, -0.05) is 15.9 Å². The zero-order chi connectivity index (χ0) is 14.4. The number of rotatable bonds is 6. The van der Waals surface area contributed by atoms with Crippen molar-refractivity contribution in [1.82, 2.24) is 15.2 Å². The fourth-order valence-corrected chi connectivity index (χ4v) is 2.61. The fraction of sp³-hybridized carbons (Fsp3) is 0.364. The highest BCUT2D eigenvalue weighted by Gasteiger charge is 2.13. The van der Waals surface area contributed by atoms with Crippen molar-refractivity contribution in [3.05, 3.63) is 49.0 Å². The van der Waals surface area contributed by atoms with Gasteiger partial charge in [-0.05, 0) is 28.9 Å². The number of aromatic nitrogens is 1. The predicted octanol–water partition coefficient (Wildman–Crippen LogP) is 2.72. The van der Waals surface area contributed by atoms with E-state index in [0.717, 1.165) is 20.8 Å². The van der Waals surface area contributed by atoms with Crippen LogP contribution in [0.4, 0.5) is 0 Å². The molecule has 0 amide bonds. The average molecular weight is 394 g/mol. The number of hydrogen-bond donors (Lipinski definition) is 1. The third-order valence-electron chi connectivity index (χ3n) is 2.46. The van der Waals surface area contributed by atoms with Crippen LogP contribution in [0.15, 0.2) is 33.4 Å². The Balaban J connectivity index is 2.95. The van der Waals surface area contributed by atoms with E-state index in [2.05, 4.69) is 42.2 Å². The van der Waals surface area contributed by atoms with Gasteiger partial charge in [-0.2, -0.15) is 0 Å². The van der Waals surface area contributed by atoms with Crippen molar-refractivity contribution in [2.24, 2.45) is 0 Å². The van der Waals surface area contributed by atoms with Crippen LogP contribution in [-0.4, -0.2) is 28.4 Å². The zero-order valence-corrected chi connectivity index (χ0v) is 13.7. The zero-order valence-electron chi connectivity index (χ0n) is 10.6. The molecule has 1 heterocycles. The Kier molecular flexibility index (Phi) is 6.23. The summed E-state index contributed by atoms with van der Waals surface area (Å²) < 4.78 is 1.64. The highest BCUT2D eigenvalue weighted by atomic mass is 79.9. The molecule has 8 heteroatoms. The summed E-state index contributed by atoms with van der Waals surface area (Å²) in [6, 6.07) is 1.85. The van der Waals surface area contributed by atoms with Crippen LogP contribution < -0.4 is 5.32 Å². The first-order valence-corrected chi connectivity index (χ1v) is 7.14. The van der Waals surface area contributed by atoms with Crippen LogP contribution in [-0.2, 0) is 6.54 Å². The molecule has 1 aromatic heterocycles. The van der Waals surface area contributed by atoms with Crippen molar-refractivity contribution in [3.63, 3.8) is 0 Å². The minimum Gasteiger partial charge on any atom is -0.370 e. The van der Waals surface area contributed by atoms with Crippen LogP contribution in [0.2, 0.25) is 0 Å². The average Bonchev–Trinajstić information content (AvgIpc) is 2.35. The van der Waals surface area contributed by atoms with Gasteiger partial charge in [0.05, 0.1) is 4.92 Å². The maximum Gasteiger partial charge on any atom is 0.274 e. The first kappa shape index (κ1) is 15.9. The highest BCUT2D eigenvalue weighted by Crippen LogP contribution is 2.21. The molecule has 0 atom stereocenters. The summed E-state index contributed by atoms with van der Waals surface area (Å²) in [5.74, 6) is 0.460. The Bertz CT molecular complexity index is 494. The van der Waals surface area contributed by atoms with Crippen molar-refractivity contribution in [3.8, 4) is 0 Å². The van der Waals surface area contributed by atoms with E-state index in [1.165, 1.54) is 0 Å². The lowest BCUT2D eigenvalue weighted by atomic mass is 10.2. The van der Waals surface area contributed by atoms with E-state index in [1.54, 1.807) is 13.2 Å². The molecule has 0 unspecified atom stereocenters. The van der Waals surface area contributed by atoms with E-state index >= 15 is 0 Å². The van der Waals surface area contributed by atoms with Crippen LogP contribution in [0, 0.1) is 10.1 Å². The normalized spacial score (nSPS) is 11.3. The molecular weight excluding hydrogens is 380 g/mol. The first-order valence-electron chi connectivity index (χ1n) is 5.55. The van der Waals surface area contributed by atoms with Crippen molar-refractivity contribution >= 4 is 31.9 Å². The van der Waals surface area contributed by atoms with Gasteiger partial charge in [-0.15, -0.1) is 0 Å². The molecule has 0 aromatic carbocycles. The molecule has 6 nitrogen and oxygen atoms in total. The SMILES string of the molecule is CCN(Cc1cnc(Br)cc1Br)C(=C[N+](=O)[O-])NC. The van der Waals surface area contributed by atoms with Gasteiger partial charge < -0.3 is 10.2 Å². The smallest absolute Gasteiger partial charge is 0.274 e. The van der Waals surface area contributed by atoms with E-state index in [9.17, 15) is 10.1 Å². The van der Waals surface area contributed by atoms with Gasteiger partial charge >= 0.3 is 0 Å². The topological polar surface area (TPSA) is 71.3 Å². The first-order chi connectivity index (χ1) is 8.97. The second kappa shape index (κ2) is 7.44. The van der Waals surface area contributed by atoms with Crippen molar-refractivity contribution in [2.45, 2.75) is 13.5 Å². The predicted molar refractivity (Wildman–Crippen MR) is 79.9 cm³/mol. The molecule has 1 rings (SSSR count). The van der Waals surface area contributed by atoms with E-state index in [1.807, 2.05) is 17.9 Å². The number of pyridine rings is 1. The molecule has 0 aliphatic rings. The van der Waals surface area contributed by atoms with Crippen molar-refractivity contribution < 1.29 is 4.92 Å². The lowest BCUT2D eigenvalue weighted by Crippen LogP contribution is -2.30. The summed E-state index contributed by atoms with van der Waals surface area (Å²) in [6.45, 7) is 3.10. The fourth-order valence-electron chi connectivity index (χ4n) is 1.53. The van der Waals surface area contributed by atoms with Gasteiger partial charge in [0, 0.05) is 36.4 Å². The molecule has 0 radical (unpaired) electrons. The lowest BCUT2D eigenvalue weighted by Gasteiger charge is -2.24. The summed E-state index contributed by atoms with van der Waals surface area (Å²) >= 11 is 6.74. The summed E-state index contributed by atoms with van der Waals surface area (Å²) in [5.41, 5.74) is 0.953. The molecule has 0 fully saturated rings. The second-order valence-electron chi connectivity index (χ2n) is 3.66. The third-order valence-corrected chi connectivity index (χ3v) is 3.64. The Hall–Kier alpha value is -1.15. The van der Waals surface area contributed by atoms with E-state index in [4.69, 9.17) is 0 Å². The standard InChI is InChI=1S/C11H14Br2N4O2/c1-3-16(11(14-2)7-17(18)19)6-8-5-15-10(13)4-9(8)12/h4-5,7,14H,3,6H2,1-2H3. The van der Waals surface area contributed by atoms with Gasteiger partial charge in [-0.25, -0.2) is 4.98 Å². The van der Waals surface area contributed by atoms with E-state index < -0.39 is 4.92 Å². The highest BCUT2D eigenvalue weighted by molar-refractivity contribution is 9.11. The van der Waals surface area contributed by atoms with Crippen LogP contribution in [0.5, 0.6) is 0 Å². The van der Waals surface area contributed by atoms with E-state index in [-0.39, 0.29) is 0 Å². The Morgan fingerprint density at radius 2 is 2.32 bits per heavy atom. The number of nitrogens with one attached hydrogen (secondary N) is 1. The number of hydrogen-bond acceptors (Lipinski definition) is 5. The van der Waals surface area contributed by atoms with Gasteiger partial charge in [0.1, 0.15) is 4.60 Å². The van der Waals surface area contributed by atoms with Crippen LogP contribution in [0.25, 0.3) is 0 Å². The van der Waals surface area contributed by atoms with Crippen LogP contribution in [0.3, 0.4) is 0 Å². The number of halogens is 2. The molecule has 0 aliphatic heterocycles. The van der Waals surface area contributed by atoms with Crippen molar-refractivity contribution in [1.29, 1.82) is 0 Å². The maximum atomic E-state index is 10.6. The molecule has 0 spiro atoms. The molecule has 1 N–H and O–H groups in total. The third kappa shape index (κ3) is 4.79. The Morgan fingerprint density at radius 3 is 2.79 bits per heavy atom. The molecule has 0 saturated heterocycles. The summed E-state index contributed by atoms with van der Waals surface area (Å²) in [5, 5.41) is 13.4. The number of nitrogens with zero attached hydrogens (tertiary/aromatic N) is 3. The largest absolute Gasteiger partial charge is 0.370 e. The quantitative estimate of drug-likeness (QED) is 0.457. The lowest BCUT2D eigenvalue weighted by molar-refractivity contribution is -0.404. The molecule has 19 heavy (non-hydrogen) atoms.